The molecule has 0 bridgehead atoms. The van der Waals surface area contributed by atoms with Gasteiger partial charge in [0, 0.05) is 30.2 Å². The second kappa shape index (κ2) is 7.63. The molecule has 4 N–H and O–H groups in total. The number of aromatic amines is 2. The summed E-state index contributed by atoms with van der Waals surface area (Å²) < 4.78 is 0. The molecule has 0 saturated carbocycles. The van der Waals surface area contributed by atoms with Gasteiger partial charge in [0.1, 0.15) is 11.6 Å². The molecule has 0 aliphatic rings. The fourth-order valence-corrected chi connectivity index (χ4v) is 3.36. The lowest BCUT2D eigenvalue weighted by Crippen LogP contribution is -2.13. The highest BCUT2D eigenvalue weighted by molar-refractivity contribution is 7.13. The zero-order chi connectivity index (χ0) is 17.8. The van der Waals surface area contributed by atoms with Gasteiger partial charge < -0.3 is 10.6 Å². The van der Waals surface area contributed by atoms with E-state index < -0.39 is 0 Å². The van der Waals surface area contributed by atoms with Crippen LogP contribution < -0.4 is 10.6 Å². The van der Waals surface area contributed by atoms with Crippen molar-refractivity contribution >= 4 is 34.6 Å². The molecule has 6 nitrogen and oxygen atoms in total. The first-order valence-electron chi connectivity index (χ1n) is 8.16. The van der Waals surface area contributed by atoms with E-state index in [0.29, 0.717) is 0 Å². The number of benzene rings is 1. The number of anilines is 2. The summed E-state index contributed by atoms with van der Waals surface area (Å²) >= 11 is 7.60. The number of hydrogen-bond donors (Lipinski definition) is 4. The van der Waals surface area contributed by atoms with Crippen molar-refractivity contribution in [3.05, 3.63) is 58.9 Å². The van der Waals surface area contributed by atoms with Crippen LogP contribution >= 0.6 is 22.9 Å². The zero-order valence-corrected chi connectivity index (χ0v) is 15.4. The molecule has 3 heterocycles. The number of rotatable bonds is 7. The quantitative estimate of drug-likeness (QED) is 0.348. The first-order chi connectivity index (χ1) is 12.8. The molecule has 3 aromatic heterocycles. The average Bonchev–Trinajstić information content (AvgIpc) is 3.40. The van der Waals surface area contributed by atoms with Crippen LogP contribution in [0.1, 0.15) is 0 Å². The second-order valence-corrected chi connectivity index (χ2v) is 7.06. The predicted molar refractivity (Wildman–Crippen MR) is 108 cm³/mol. The minimum absolute atomic E-state index is 0.721. The smallest absolute Gasteiger partial charge is 0.148 e. The lowest BCUT2D eigenvalue weighted by Gasteiger charge is -2.03. The maximum absolute atomic E-state index is 5.92. The number of thiophene rings is 1. The van der Waals surface area contributed by atoms with Crippen molar-refractivity contribution in [1.29, 1.82) is 0 Å². The van der Waals surface area contributed by atoms with Gasteiger partial charge in [-0.1, -0.05) is 29.8 Å². The molecule has 8 heteroatoms. The van der Waals surface area contributed by atoms with Gasteiger partial charge in [0.25, 0.3) is 0 Å². The molecule has 26 heavy (non-hydrogen) atoms. The number of nitrogens with one attached hydrogen (secondary N) is 4. The van der Waals surface area contributed by atoms with Gasteiger partial charge in [-0.2, -0.15) is 10.2 Å². The summed E-state index contributed by atoms with van der Waals surface area (Å²) in [6, 6.07) is 15.7. The van der Waals surface area contributed by atoms with Crippen LogP contribution in [-0.2, 0) is 0 Å². The minimum Gasteiger partial charge on any atom is -0.367 e. The van der Waals surface area contributed by atoms with Crippen LogP contribution in [0.15, 0.2) is 53.9 Å². The summed E-state index contributed by atoms with van der Waals surface area (Å²) in [6.07, 6.45) is 0. The second-order valence-electron chi connectivity index (χ2n) is 5.67. The predicted octanol–water partition coefficient (Wildman–Crippen LogP) is 4.71. The Morgan fingerprint density at radius 3 is 2.19 bits per heavy atom. The van der Waals surface area contributed by atoms with Gasteiger partial charge in [0.2, 0.25) is 0 Å². The van der Waals surface area contributed by atoms with Crippen molar-refractivity contribution in [2.75, 3.05) is 23.7 Å². The molecule has 0 radical (unpaired) electrons. The number of nitrogens with zero attached hydrogens (tertiary/aromatic N) is 2. The minimum atomic E-state index is 0.721. The van der Waals surface area contributed by atoms with Gasteiger partial charge in [-0.3, -0.25) is 10.2 Å². The van der Waals surface area contributed by atoms with E-state index in [1.54, 1.807) is 11.3 Å². The van der Waals surface area contributed by atoms with Crippen molar-refractivity contribution in [1.82, 2.24) is 20.4 Å². The Bertz CT molecular complexity index is 958. The normalized spacial score (nSPS) is 10.8. The van der Waals surface area contributed by atoms with Gasteiger partial charge >= 0.3 is 0 Å². The van der Waals surface area contributed by atoms with Crippen molar-refractivity contribution in [2.24, 2.45) is 0 Å². The van der Waals surface area contributed by atoms with Gasteiger partial charge in [-0.15, -0.1) is 11.3 Å². The lowest BCUT2D eigenvalue weighted by atomic mass is 10.1. The Kier molecular flexibility index (Phi) is 4.90. The maximum Gasteiger partial charge on any atom is 0.148 e. The Morgan fingerprint density at radius 2 is 1.54 bits per heavy atom. The summed E-state index contributed by atoms with van der Waals surface area (Å²) in [5, 5.41) is 24.0. The fraction of sp³-hybridized carbons (Fsp3) is 0.111. The Labute approximate surface area is 159 Å². The third-order valence-corrected chi connectivity index (χ3v) is 4.99. The zero-order valence-electron chi connectivity index (χ0n) is 13.8. The van der Waals surface area contributed by atoms with Gasteiger partial charge in [0.05, 0.1) is 16.3 Å². The molecule has 0 spiro atoms. The number of H-pyrrole nitrogens is 2. The molecule has 0 aliphatic heterocycles. The molecule has 0 aliphatic carbocycles. The van der Waals surface area contributed by atoms with Crippen molar-refractivity contribution < 1.29 is 0 Å². The van der Waals surface area contributed by atoms with Crippen molar-refractivity contribution in [2.45, 2.75) is 0 Å². The molecule has 0 unspecified atom stereocenters. The number of aromatic nitrogens is 4. The summed E-state index contributed by atoms with van der Waals surface area (Å²) in [5.74, 6) is 1.64. The van der Waals surface area contributed by atoms with Crippen LogP contribution in [0.5, 0.6) is 0 Å². The molecular formula is C18H17ClN6S. The molecule has 132 valence electrons. The Balaban J connectivity index is 1.27. The van der Waals surface area contributed by atoms with E-state index >= 15 is 0 Å². The van der Waals surface area contributed by atoms with Crippen LogP contribution in [0.4, 0.5) is 11.6 Å². The summed E-state index contributed by atoms with van der Waals surface area (Å²) in [5.41, 5.74) is 3.02. The molecule has 4 rings (SSSR count). The number of hydrogen-bond acceptors (Lipinski definition) is 5. The highest BCUT2D eigenvalue weighted by Crippen LogP contribution is 2.24. The van der Waals surface area contributed by atoms with Gasteiger partial charge in [-0.25, -0.2) is 0 Å². The van der Waals surface area contributed by atoms with Gasteiger partial charge in [0.15, 0.2) is 0 Å². The third-order valence-electron chi connectivity index (χ3n) is 3.83. The SMILES string of the molecule is Clc1ccc(-c2cc(NCCNc3cc(-c4cccs4)[nH]n3)n[nH]2)cc1. The average molecular weight is 385 g/mol. The van der Waals surface area contributed by atoms with E-state index in [0.717, 1.165) is 46.7 Å². The van der Waals surface area contributed by atoms with Crippen LogP contribution in [0.3, 0.4) is 0 Å². The van der Waals surface area contributed by atoms with Crippen LogP contribution in [0.25, 0.3) is 21.8 Å². The van der Waals surface area contributed by atoms with Crippen molar-refractivity contribution in [3.63, 3.8) is 0 Å². The van der Waals surface area contributed by atoms with Gasteiger partial charge in [-0.05, 0) is 29.1 Å². The first-order valence-corrected chi connectivity index (χ1v) is 9.42. The largest absolute Gasteiger partial charge is 0.367 e. The molecule has 0 fully saturated rings. The first kappa shape index (κ1) is 16.7. The van der Waals surface area contributed by atoms with E-state index in [-0.39, 0.29) is 0 Å². The Morgan fingerprint density at radius 1 is 0.885 bits per heavy atom. The van der Waals surface area contributed by atoms with Crippen LogP contribution in [-0.4, -0.2) is 33.5 Å². The molecule has 0 saturated heterocycles. The number of halogens is 1. The summed E-state index contributed by atoms with van der Waals surface area (Å²) in [7, 11) is 0. The standard InChI is InChI=1S/C18H17ClN6S/c19-13-5-3-12(4-6-13)14-10-17(24-22-14)20-7-8-21-18-11-15(23-25-18)16-2-1-9-26-16/h1-6,9-11H,7-8H2,(H2,20,22,24)(H2,21,23,25). The monoisotopic (exact) mass is 384 g/mol. The summed E-state index contributed by atoms with van der Waals surface area (Å²) in [6.45, 7) is 1.46. The molecule has 0 amide bonds. The third kappa shape index (κ3) is 3.89. The van der Waals surface area contributed by atoms with E-state index in [1.807, 2.05) is 42.5 Å². The highest BCUT2D eigenvalue weighted by Gasteiger charge is 2.05. The van der Waals surface area contributed by atoms with E-state index in [2.05, 4.69) is 42.5 Å². The van der Waals surface area contributed by atoms with Crippen molar-refractivity contribution in [3.8, 4) is 21.8 Å². The van der Waals surface area contributed by atoms with E-state index in [4.69, 9.17) is 11.6 Å². The highest BCUT2D eigenvalue weighted by atomic mass is 35.5. The maximum atomic E-state index is 5.92. The summed E-state index contributed by atoms with van der Waals surface area (Å²) in [4.78, 5) is 1.18. The van der Waals surface area contributed by atoms with E-state index in [1.165, 1.54) is 4.88 Å². The molecule has 4 aromatic rings. The Hall–Kier alpha value is -2.77. The molecule has 1 aromatic carbocycles. The molecule has 0 atom stereocenters. The van der Waals surface area contributed by atoms with Crippen LogP contribution in [0.2, 0.25) is 5.02 Å². The van der Waals surface area contributed by atoms with Crippen LogP contribution in [0, 0.1) is 0 Å². The lowest BCUT2D eigenvalue weighted by molar-refractivity contribution is 1.01. The molecular weight excluding hydrogens is 368 g/mol. The topological polar surface area (TPSA) is 81.4 Å². The fourth-order valence-electron chi connectivity index (χ4n) is 2.54. The van der Waals surface area contributed by atoms with E-state index in [9.17, 15) is 0 Å².